The largest absolute Gasteiger partial charge is 0.333 e. The fraction of sp³-hybridized carbons (Fsp3) is 0.286. The third-order valence-corrected chi connectivity index (χ3v) is 7.25. The van der Waals surface area contributed by atoms with Crippen molar-refractivity contribution in [3.05, 3.63) is 76.5 Å². The fourth-order valence-electron chi connectivity index (χ4n) is 3.53. The van der Waals surface area contributed by atoms with Gasteiger partial charge in [-0.3, -0.25) is 14.8 Å². The van der Waals surface area contributed by atoms with E-state index in [1.54, 1.807) is 16.9 Å². The number of nitrogens with one attached hydrogen (secondary N) is 1. The van der Waals surface area contributed by atoms with E-state index in [2.05, 4.69) is 10.4 Å². The van der Waals surface area contributed by atoms with Crippen LogP contribution in [-0.4, -0.2) is 65.6 Å². The molecule has 2 aromatic carbocycles. The third-order valence-electron chi connectivity index (χ3n) is 5.36. The first-order valence-corrected chi connectivity index (χ1v) is 11.6. The molecule has 1 fully saturated rings. The summed E-state index contributed by atoms with van der Waals surface area (Å²) in [7, 11) is -1.88. The molecule has 11 heteroatoms. The quantitative estimate of drug-likeness (QED) is 0.429. The Labute approximate surface area is 186 Å². The van der Waals surface area contributed by atoms with Crippen LogP contribution in [0.15, 0.2) is 65.7 Å². The number of piperazine rings is 1. The normalized spacial score (nSPS) is 15.5. The summed E-state index contributed by atoms with van der Waals surface area (Å²) in [5.74, 6) is 0.429. The topological polar surface area (TPSA) is 114 Å². The van der Waals surface area contributed by atoms with E-state index in [0.717, 1.165) is 11.6 Å². The maximum Gasteiger partial charge on any atom is 0.294 e. The van der Waals surface area contributed by atoms with Crippen molar-refractivity contribution in [1.29, 1.82) is 0 Å². The molecule has 4 rings (SSSR count). The molecule has 3 aromatic rings. The van der Waals surface area contributed by atoms with Gasteiger partial charge in [0, 0.05) is 44.5 Å². The zero-order valence-electron chi connectivity index (χ0n) is 17.6. The lowest BCUT2D eigenvalue weighted by atomic mass is 10.2. The summed E-state index contributed by atoms with van der Waals surface area (Å²) in [4.78, 5) is 13.0. The predicted octanol–water partition coefficient (Wildman–Crippen LogP) is 2.52. The Morgan fingerprint density at radius 3 is 2.47 bits per heavy atom. The molecule has 0 saturated carbocycles. The Morgan fingerprint density at radius 1 is 1.06 bits per heavy atom. The van der Waals surface area contributed by atoms with Crippen LogP contribution in [0, 0.1) is 10.1 Å². The average Bonchev–Trinajstić information content (AvgIpc) is 3.21. The minimum absolute atomic E-state index is 0.0890. The van der Waals surface area contributed by atoms with Gasteiger partial charge in [-0.25, -0.2) is 8.42 Å². The van der Waals surface area contributed by atoms with E-state index in [9.17, 15) is 18.5 Å². The second kappa shape index (κ2) is 9.07. The van der Waals surface area contributed by atoms with Crippen molar-refractivity contribution in [2.75, 3.05) is 38.5 Å². The highest BCUT2D eigenvalue weighted by Gasteiger charge is 2.29. The lowest BCUT2D eigenvalue weighted by molar-refractivity contribution is -0.384. The molecule has 0 radical (unpaired) electrons. The number of nitro groups is 1. The van der Waals surface area contributed by atoms with Gasteiger partial charge in [-0.15, -0.1) is 0 Å². The number of anilines is 2. The molecule has 1 saturated heterocycles. The van der Waals surface area contributed by atoms with E-state index >= 15 is 0 Å². The predicted molar refractivity (Wildman–Crippen MR) is 120 cm³/mol. The summed E-state index contributed by atoms with van der Waals surface area (Å²) in [6, 6.07) is 15.4. The van der Waals surface area contributed by atoms with Gasteiger partial charge in [-0.1, -0.05) is 30.3 Å². The van der Waals surface area contributed by atoms with E-state index in [-0.39, 0.29) is 16.3 Å². The zero-order chi connectivity index (χ0) is 22.7. The second-order valence-electron chi connectivity index (χ2n) is 7.65. The molecule has 1 aliphatic heterocycles. The van der Waals surface area contributed by atoms with Gasteiger partial charge in [-0.2, -0.15) is 9.40 Å². The van der Waals surface area contributed by atoms with Crippen LogP contribution in [0.2, 0.25) is 0 Å². The molecule has 0 amide bonds. The molecule has 0 bridgehead atoms. The Kier molecular flexibility index (Phi) is 6.21. The Balaban J connectivity index is 1.54. The number of likely N-dealkylation sites (N-methyl/N-ethyl adjacent to an activating group) is 1. The van der Waals surface area contributed by atoms with E-state index in [1.807, 2.05) is 42.3 Å². The Bertz CT molecular complexity index is 1200. The highest BCUT2D eigenvalue weighted by molar-refractivity contribution is 7.89. The summed E-state index contributed by atoms with van der Waals surface area (Å²) in [5.41, 5.74) is 0.932. The van der Waals surface area contributed by atoms with Crippen LogP contribution in [0.25, 0.3) is 0 Å². The summed E-state index contributed by atoms with van der Waals surface area (Å²) < 4.78 is 29.0. The smallest absolute Gasteiger partial charge is 0.294 e. The van der Waals surface area contributed by atoms with Crippen LogP contribution in [0.4, 0.5) is 17.2 Å². The highest BCUT2D eigenvalue weighted by atomic mass is 32.2. The number of benzene rings is 2. The van der Waals surface area contributed by atoms with Gasteiger partial charge >= 0.3 is 0 Å². The molecular weight excluding hydrogens is 432 g/mol. The van der Waals surface area contributed by atoms with Crippen LogP contribution in [0.3, 0.4) is 0 Å². The number of aromatic nitrogens is 2. The third kappa shape index (κ3) is 4.79. The highest BCUT2D eigenvalue weighted by Crippen LogP contribution is 2.31. The lowest BCUT2D eigenvalue weighted by Crippen LogP contribution is -2.47. The van der Waals surface area contributed by atoms with Gasteiger partial charge in [0.25, 0.3) is 5.69 Å². The zero-order valence-corrected chi connectivity index (χ0v) is 18.4. The maximum absolute atomic E-state index is 13.0. The molecule has 1 aliphatic rings. The molecule has 0 unspecified atom stereocenters. The molecule has 1 N–H and O–H groups in total. The van der Waals surface area contributed by atoms with E-state index in [1.165, 1.54) is 16.4 Å². The monoisotopic (exact) mass is 456 g/mol. The molecule has 0 spiro atoms. The number of nitro benzene ring substituents is 1. The number of rotatable bonds is 7. The van der Waals surface area contributed by atoms with Gasteiger partial charge in [0.15, 0.2) is 5.82 Å². The molecule has 32 heavy (non-hydrogen) atoms. The van der Waals surface area contributed by atoms with Crippen molar-refractivity contribution in [3.8, 4) is 0 Å². The van der Waals surface area contributed by atoms with Gasteiger partial charge < -0.3 is 10.2 Å². The van der Waals surface area contributed by atoms with Crippen molar-refractivity contribution in [1.82, 2.24) is 19.0 Å². The first-order valence-electron chi connectivity index (χ1n) is 10.1. The van der Waals surface area contributed by atoms with Crippen molar-refractivity contribution in [2.45, 2.75) is 11.4 Å². The van der Waals surface area contributed by atoms with E-state index in [0.29, 0.717) is 38.5 Å². The average molecular weight is 457 g/mol. The van der Waals surface area contributed by atoms with E-state index in [4.69, 9.17) is 0 Å². The number of hydrogen-bond acceptors (Lipinski definition) is 7. The number of hydrogen-bond donors (Lipinski definition) is 1. The van der Waals surface area contributed by atoms with Gasteiger partial charge in [0.05, 0.1) is 16.4 Å². The van der Waals surface area contributed by atoms with Crippen molar-refractivity contribution in [2.24, 2.45) is 0 Å². The summed E-state index contributed by atoms with van der Waals surface area (Å²) in [6.45, 7) is 2.50. The second-order valence-corrected chi connectivity index (χ2v) is 9.59. The van der Waals surface area contributed by atoms with Crippen LogP contribution in [0.1, 0.15) is 5.56 Å². The Hall–Kier alpha value is -3.28. The SMILES string of the molecule is CN1CCN(S(=O)(=O)c2ccc(Nc3ccn(Cc4ccccc4)n3)c([N+](=O)[O-])c2)CC1. The fourth-order valence-corrected chi connectivity index (χ4v) is 4.97. The Morgan fingerprint density at radius 2 is 1.78 bits per heavy atom. The van der Waals surface area contributed by atoms with E-state index < -0.39 is 14.9 Å². The molecular formula is C21H24N6O4S. The molecule has 0 atom stereocenters. The van der Waals surface area contributed by atoms with Crippen molar-refractivity contribution < 1.29 is 13.3 Å². The van der Waals surface area contributed by atoms with Crippen molar-refractivity contribution >= 4 is 27.2 Å². The lowest BCUT2D eigenvalue weighted by Gasteiger charge is -2.31. The van der Waals surface area contributed by atoms with Crippen molar-refractivity contribution in [3.63, 3.8) is 0 Å². The van der Waals surface area contributed by atoms with Crippen LogP contribution in [-0.2, 0) is 16.6 Å². The first-order chi connectivity index (χ1) is 15.3. The van der Waals surface area contributed by atoms with Gasteiger partial charge in [-0.05, 0) is 24.7 Å². The van der Waals surface area contributed by atoms with Crippen LogP contribution < -0.4 is 5.32 Å². The molecule has 2 heterocycles. The minimum atomic E-state index is -3.81. The standard InChI is InChI=1S/C21H24N6O4S/c1-24-11-13-26(14-12-24)32(30,31)18-7-8-19(20(15-18)27(28)29)22-21-9-10-25(23-21)16-17-5-3-2-4-6-17/h2-10,15H,11-14,16H2,1H3,(H,22,23). The van der Waals surface area contributed by atoms with Crippen LogP contribution in [0.5, 0.6) is 0 Å². The van der Waals surface area contributed by atoms with Crippen LogP contribution >= 0.6 is 0 Å². The van der Waals surface area contributed by atoms with Gasteiger partial charge in [0.1, 0.15) is 5.69 Å². The summed E-state index contributed by atoms with van der Waals surface area (Å²) in [5, 5.41) is 19.0. The number of nitrogens with zero attached hydrogens (tertiary/aromatic N) is 5. The minimum Gasteiger partial charge on any atom is -0.333 e. The first kappa shape index (κ1) is 21.9. The number of sulfonamides is 1. The summed E-state index contributed by atoms with van der Waals surface area (Å²) >= 11 is 0. The molecule has 168 valence electrons. The molecule has 0 aliphatic carbocycles. The molecule has 1 aromatic heterocycles. The molecule has 10 nitrogen and oxygen atoms in total. The summed E-state index contributed by atoms with van der Waals surface area (Å²) in [6.07, 6.45) is 1.77. The maximum atomic E-state index is 13.0. The van der Waals surface area contributed by atoms with Gasteiger partial charge in [0.2, 0.25) is 10.0 Å².